The molecule has 3 rings (SSSR count). The maximum atomic E-state index is 13.6. The largest absolute Gasteiger partial charge is 0.391 e. The molecule has 1 aromatic heterocycles. The zero-order chi connectivity index (χ0) is 17.1. The Morgan fingerprint density at radius 2 is 2.17 bits per heavy atom. The number of aliphatic hydroxyl groups is 1. The molecular formula is C15H17ClFN5O2. The number of hydrogen-bond acceptors (Lipinski definition) is 7. The molecule has 0 radical (unpaired) electrons. The quantitative estimate of drug-likeness (QED) is 0.838. The lowest BCUT2D eigenvalue weighted by Crippen LogP contribution is -2.35. The van der Waals surface area contributed by atoms with E-state index in [4.69, 9.17) is 22.1 Å². The number of nitrogen functional groups attached to an aromatic ring is 1. The van der Waals surface area contributed by atoms with E-state index in [0.29, 0.717) is 18.5 Å². The van der Waals surface area contributed by atoms with Gasteiger partial charge in [-0.2, -0.15) is 4.98 Å². The molecule has 1 saturated heterocycles. The van der Waals surface area contributed by atoms with E-state index >= 15 is 0 Å². The van der Waals surface area contributed by atoms with Crippen LogP contribution in [0.1, 0.15) is 12.0 Å². The molecule has 128 valence electrons. The van der Waals surface area contributed by atoms with Gasteiger partial charge in [-0.3, -0.25) is 0 Å². The third-order valence-corrected chi connectivity index (χ3v) is 4.10. The van der Waals surface area contributed by atoms with Crippen molar-refractivity contribution in [2.45, 2.75) is 25.2 Å². The Balaban J connectivity index is 1.65. The molecule has 0 bridgehead atoms. The highest BCUT2D eigenvalue weighted by molar-refractivity contribution is 6.31. The predicted octanol–water partition coefficient (Wildman–Crippen LogP) is 1.40. The molecule has 3 N–H and O–H groups in total. The van der Waals surface area contributed by atoms with E-state index in [1.54, 1.807) is 23.1 Å². The fraction of sp³-hybridized carbons (Fsp3) is 0.400. The van der Waals surface area contributed by atoms with Crippen molar-refractivity contribution in [2.24, 2.45) is 0 Å². The highest BCUT2D eigenvalue weighted by atomic mass is 35.5. The summed E-state index contributed by atoms with van der Waals surface area (Å²) in [5.41, 5.74) is 6.14. The predicted molar refractivity (Wildman–Crippen MR) is 87.1 cm³/mol. The van der Waals surface area contributed by atoms with Crippen molar-refractivity contribution in [2.75, 3.05) is 23.8 Å². The lowest BCUT2D eigenvalue weighted by atomic mass is 10.2. The van der Waals surface area contributed by atoms with Crippen molar-refractivity contribution >= 4 is 23.4 Å². The number of anilines is 2. The normalized spacial score (nSPS) is 20.5. The van der Waals surface area contributed by atoms with Crippen molar-refractivity contribution in [3.63, 3.8) is 0 Å². The standard InChI is InChI=1S/C15H17ClFN5O2/c16-13-14(18)19-15(21-20-13)22-6-11(23)5-10(22)8-24-7-9-3-1-2-4-12(9)17/h1-4,10-11,23H,5-8H2,(H2,18,19,21). The summed E-state index contributed by atoms with van der Waals surface area (Å²) in [6, 6.07) is 6.28. The first-order valence-electron chi connectivity index (χ1n) is 7.46. The molecule has 1 aromatic carbocycles. The summed E-state index contributed by atoms with van der Waals surface area (Å²) in [4.78, 5) is 5.86. The maximum Gasteiger partial charge on any atom is 0.247 e. The number of nitrogens with two attached hydrogens (primary N) is 1. The number of β-amino-alcohol motifs (C(OH)–C–C–N with tert-alkyl or cyclic N) is 1. The van der Waals surface area contributed by atoms with Crippen LogP contribution >= 0.6 is 11.6 Å². The average Bonchev–Trinajstić information content (AvgIpc) is 2.93. The minimum atomic E-state index is -0.535. The molecule has 0 aliphatic carbocycles. The Kier molecular flexibility index (Phi) is 5.08. The van der Waals surface area contributed by atoms with E-state index in [2.05, 4.69) is 15.2 Å². The van der Waals surface area contributed by atoms with Crippen LogP contribution < -0.4 is 10.6 Å². The van der Waals surface area contributed by atoms with E-state index in [1.165, 1.54) is 6.07 Å². The SMILES string of the molecule is Nc1nc(N2CC(O)CC2COCc2ccccc2F)nnc1Cl. The van der Waals surface area contributed by atoms with Crippen LogP contribution in [0.4, 0.5) is 16.2 Å². The van der Waals surface area contributed by atoms with E-state index in [0.717, 1.165) is 0 Å². The van der Waals surface area contributed by atoms with E-state index in [-0.39, 0.29) is 42.0 Å². The van der Waals surface area contributed by atoms with Crippen LogP contribution in [-0.4, -0.2) is 45.6 Å². The third-order valence-electron chi connectivity index (χ3n) is 3.83. The van der Waals surface area contributed by atoms with E-state index in [1.807, 2.05) is 0 Å². The summed E-state index contributed by atoms with van der Waals surface area (Å²) in [6.45, 7) is 0.780. The monoisotopic (exact) mass is 353 g/mol. The molecule has 1 fully saturated rings. The first kappa shape index (κ1) is 16.8. The Hall–Kier alpha value is -2.03. The number of aliphatic hydroxyl groups excluding tert-OH is 1. The fourth-order valence-electron chi connectivity index (χ4n) is 2.65. The lowest BCUT2D eigenvalue weighted by Gasteiger charge is -2.23. The van der Waals surface area contributed by atoms with Gasteiger partial charge in [0.2, 0.25) is 5.95 Å². The minimum Gasteiger partial charge on any atom is -0.391 e. The van der Waals surface area contributed by atoms with Gasteiger partial charge in [-0.25, -0.2) is 4.39 Å². The molecule has 0 spiro atoms. The van der Waals surface area contributed by atoms with Crippen molar-refractivity contribution in [3.05, 3.63) is 40.8 Å². The average molecular weight is 354 g/mol. The maximum absolute atomic E-state index is 13.6. The van der Waals surface area contributed by atoms with Crippen LogP contribution in [0.3, 0.4) is 0 Å². The molecule has 7 nitrogen and oxygen atoms in total. The van der Waals surface area contributed by atoms with Crippen LogP contribution in [0.2, 0.25) is 5.15 Å². The molecule has 2 heterocycles. The smallest absolute Gasteiger partial charge is 0.247 e. The molecule has 0 saturated carbocycles. The van der Waals surface area contributed by atoms with Crippen molar-refractivity contribution in [3.8, 4) is 0 Å². The van der Waals surface area contributed by atoms with Gasteiger partial charge >= 0.3 is 0 Å². The molecular weight excluding hydrogens is 337 g/mol. The minimum absolute atomic E-state index is 0.0332. The van der Waals surface area contributed by atoms with E-state index < -0.39 is 6.10 Å². The zero-order valence-electron chi connectivity index (χ0n) is 12.8. The lowest BCUT2D eigenvalue weighted by molar-refractivity contribution is 0.100. The number of rotatable bonds is 5. The second-order valence-electron chi connectivity index (χ2n) is 5.59. The molecule has 1 aliphatic rings. The topological polar surface area (TPSA) is 97.4 Å². The van der Waals surface area contributed by atoms with Crippen LogP contribution in [0.15, 0.2) is 24.3 Å². The zero-order valence-corrected chi connectivity index (χ0v) is 13.5. The number of nitrogens with zero attached hydrogens (tertiary/aromatic N) is 4. The second-order valence-corrected chi connectivity index (χ2v) is 5.95. The van der Waals surface area contributed by atoms with Crippen molar-refractivity contribution in [1.82, 2.24) is 15.2 Å². The Morgan fingerprint density at radius 1 is 1.38 bits per heavy atom. The number of benzene rings is 1. The van der Waals surface area contributed by atoms with Gasteiger partial charge < -0.3 is 20.5 Å². The van der Waals surface area contributed by atoms with Crippen LogP contribution in [0, 0.1) is 5.82 Å². The highest BCUT2D eigenvalue weighted by Gasteiger charge is 2.33. The summed E-state index contributed by atoms with van der Waals surface area (Å²) in [5.74, 6) is 0.0563. The molecule has 0 amide bonds. The number of aromatic nitrogens is 3. The van der Waals surface area contributed by atoms with Gasteiger partial charge in [0, 0.05) is 12.1 Å². The van der Waals surface area contributed by atoms with Crippen LogP contribution in [0.25, 0.3) is 0 Å². The number of ether oxygens (including phenoxy) is 1. The molecule has 2 aromatic rings. The van der Waals surface area contributed by atoms with Gasteiger partial charge in [0.15, 0.2) is 11.0 Å². The Labute approximate surface area is 143 Å². The molecule has 24 heavy (non-hydrogen) atoms. The molecule has 1 aliphatic heterocycles. The van der Waals surface area contributed by atoms with Gasteiger partial charge in [0.25, 0.3) is 0 Å². The van der Waals surface area contributed by atoms with Gasteiger partial charge in [0.1, 0.15) is 5.82 Å². The number of hydrogen-bond donors (Lipinski definition) is 2. The van der Waals surface area contributed by atoms with Crippen molar-refractivity contribution in [1.29, 1.82) is 0 Å². The molecule has 9 heteroatoms. The second kappa shape index (κ2) is 7.25. The summed E-state index contributed by atoms with van der Waals surface area (Å²) in [5, 5.41) is 17.6. The first-order valence-corrected chi connectivity index (χ1v) is 7.84. The Morgan fingerprint density at radius 3 is 2.92 bits per heavy atom. The van der Waals surface area contributed by atoms with Crippen LogP contribution in [-0.2, 0) is 11.3 Å². The first-order chi connectivity index (χ1) is 11.5. The fourth-order valence-corrected chi connectivity index (χ4v) is 2.73. The van der Waals surface area contributed by atoms with Gasteiger partial charge in [0.05, 0.1) is 25.4 Å². The molecule has 2 atom stereocenters. The highest BCUT2D eigenvalue weighted by Crippen LogP contribution is 2.25. The number of halogens is 2. The van der Waals surface area contributed by atoms with Gasteiger partial charge in [-0.05, 0) is 12.5 Å². The summed E-state index contributed by atoms with van der Waals surface area (Å²) < 4.78 is 19.2. The summed E-state index contributed by atoms with van der Waals surface area (Å²) >= 11 is 5.73. The van der Waals surface area contributed by atoms with E-state index in [9.17, 15) is 9.50 Å². The van der Waals surface area contributed by atoms with Gasteiger partial charge in [-0.15, -0.1) is 10.2 Å². The van der Waals surface area contributed by atoms with Crippen molar-refractivity contribution < 1.29 is 14.2 Å². The Bertz CT molecular complexity index is 720. The van der Waals surface area contributed by atoms with Gasteiger partial charge in [-0.1, -0.05) is 29.8 Å². The molecule has 2 unspecified atom stereocenters. The third kappa shape index (κ3) is 3.72. The summed E-state index contributed by atoms with van der Waals surface area (Å²) in [7, 11) is 0. The summed E-state index contributed by atoms with van der Waals surface area (Å²) in [6.07, 6.45) is -0.0454. The van der Waals surface area contributed by atoms with Crippen LogP contribution in [0.5, 0.6) is 0 Å².